The van der Waals surface area contributed by atoms with Crippen molar-refractivity contribution in [3.05, 3.63) is 51.1 Å². The molecule has 1 N–H and O–H groups in total. The molecule has 4 rings (SSSR count). The highest BCUT2D eigenvalue weighted by Crippen LogP contribution is 2.40. The van der Waals surface area contributed by atoms with Crippen molar-refractivity contribution in [1.82, 2.24) is 9.97 Å². The molecule has 0 aliphatic heterocycles. The van der Waals surface area contributed by atoms with Crippen LogP contribution in [0, 0.1) is 10.1 Å². The van der Waals surface area contributed by atoms with Crippen LogP contribution >= 0.6 is 23.1 Å². The summed E-state index contributed by atoms with van der Waals surface area (Å²) < 4.78 is 0. The summed E-state index contributed by atoms with van der Waals surface area (Å²) in [7, 11) is 0. The number of aromatic nitrogens is 2. The molecule has 1 aliphatic rings. The number of rotatable bonds is 5. The van der Waals surface area contributed by atoms with Crippen LogP contribution in [-0.2, 0) is 17.6 Å². The molecule has 28 heavy (non-hydrogen) atoms. The van der Waals surface area contributed by atoms with Gasteiger partial charge in [0.25, 0.3) is 5.69 Å². The molecular formula is C19H18N4O3S2. The fourth-order valence-corrected chi connectivity index (χ4v) is 5.58. The third-order valence-corrected chi connectivity index (χ3v) is 7.03. The Morgan fingerprint density at radius 3 is 2.89 bits per heavy atom. The maximum atomic E-state index is 12.7. The summed E-state index contributed by atoms with van der Waals surface area (Å²) in [5.41, 5.74) is 1.40. The Morgan fingerprint density at radius 1 is 1.29 bits per heavy atom. The number of carbonyl (C=O) groups excluding carboxylic acids is 1. The summed E-state index contributed by atoms with van der Waals surface area (Å²) in [4.78, 5) is 34.5. The van der Waals surface area contributed by atoms with Crippen LogP contribution in [-0.4, -0.2) is 26.0 Å². The number of anilines is 1. The van der Waals surface area contributed by atoms with Crippen molar-refractivity contribution < 1.29 is 9.72 Å². The van der Waals surface area contributed by atoms with Crippen molar-refractivity contribution in [3.63, 3.8) is 0 Å². The van der Waals surface area contributed by atoms with Crippen LogP contribution in [0.4, 0.5) is 11.4 Å². The first-order valence-electron chi connectivity index (χ1n) is 9.01. The third-order valence-electron chi connectivity index (χ3n) is 4.73. The molecule has 0 bridgehead atoms. The third kappa shape index (κ3) is 3.59. The average molecular weight is 415 g/mol. The van der Waals surface area contributed by atoms with Crippen LogP contribution in [0.15, 0.2) is 35.6 Å². The smallest absolute Gasteiger partial charge is 0.292 e. The van der Waals surface area contributed by atoms with Crippen molar-refractivity contribution >= 4 is 50.6 Å². The van der Waals surface area contributed by atoms with Crippen molar-refractivity contribution in [1.29, 1.82) is 0 Å². The molecule has 1 atom stereocenters. The van der Waals surface area contributed by atoms with Gasteiger partial charge < -0.3 is 5.32 Å². The van der Waals surface area contributed by atoms with E-state index in [4.69, 9.17) is 0 Å². The molecule has 1 aromatic carbocycles. The van der Waals surface area contributed by atoms with E-state index in [9.17, 15) is 14.9 Å². The van der Waals surface area contributed by atoms with Gasteiger partial charge in [-0.15, -0.1) is 11.3 Å². The summed E-state index contributed by atoms with van der Waals surface area (Å²) in [6, 6.07) is 6.14. The van der Waals surface area contributed by atoms with E-state index in [0.717, 1.165) is 34.5 Å². The molecule has 2 heterocycles. The van der Waals surface area contributed by atoms with E-state index in [-0.39, 0.29) is 17.3 Å². The number of nitro groups is 1. The predicted octanol–water partition coefficient (Wildman–Crippen LogP) is 4.60. The molecule has 0 fully saturated rings. The van der Waals surface area contributed by atoms with Crippen molar-refractivity contribution in [3.8, 4) is 0 Å². The summed E-state index contributed by atoms with van der Waals surface area (Å²) in [5.74, 6) is -0.296. The largest absolute Gasteiger partial charge is 0.319 e. The number of thiophene rings is 1. The molecule has 0 spiro atoms. The Morgan fingerprint density at radius 2 is 2.07 bits per heavy atom. The van der Waals surface area contributed by atoms with Crippen LogP contribution in [0.5, 0.6) is 0 Å². The van der Waals surface area contributed by atoms with Gasteiger partial charge in [-0.3, -0.25) is 14.9 Å². The average Bonchev–Trinajstić information content (AvgIpc) is 3.07. The molecule has 0 saturated heterocycles. The summed E-state index contributed by atoms with van der Waals surface area (Å²) in [6.45, 7) is 1.78. The number of thioether (sulfide) groups is 1. The van der Waals surface area contributed by atoms with Gasteiger partial charge in [0.15, 0.2) is 0 Å². The van der Waals surface area contributed by atoms with E-state index < -0.39 is 10.2 Å². The van der Waals surface area contributed by atoms with E-state index in [1.807, 2.05) is 0 Å². The zero-order chi connectivity index (χ0) is 19.7. The topological polar surface area (TPSA) is 98.0 Å². The maximum absolute atomic E-state index is 12.7. The second-order valence-electron chi connectivity index (χ2n) is 6.59. The molecule has 0 saturated carbocycles. The Balaban J connectivity index is 1.57. The lowest BCUT2D eigenvalue weighted by molar-refractivity contribution is -0.383. The van der Waals surface area contributed by atoms with Crippen LogP contribution < -0.4 is 5.32 Å². The quantitative estimate of drug-likeness (QED) is 0.284. The van der Waals surface area contributed by atoms with E-state index in [1.54, 1.807) is 36.7 Å². The second-order valence-corrected chi connectivity index (χ2v) is 9.01. The standard InChI is InChI=1S/C19H18N4O3S2/c1-11(17(24)22-13-7-3-4-8-14(13)23(25)26)27-18-16-12-6-2-5-9-15(12)28-19(16)21-10-20-18/h3-4,7-8,10-11H,2,5-6,9H2,1H3,(H,22,24)/t11-/m1/s1. The van der Waals surface area contributed by atoms with E-state index in [2.05, 4.69) is 15.3 Å². The van der Waals surface area contributed by atoms with Gasteiger partial charge in [0.05, 0.1) is 10.2 Å². The van der Waals surface area contributed by atoms with Crippen molar-refractivity contribution in [2.75, 3.05) is 5.32 Å². The minimum atomic E-state index is -0.501. The number of nitrogens with one attached hydrogen (secondary N) is 1. The Kier molecular flexibility index (Phi) is 5.27. The van der Waals surface area contributed by atoms with Crippen molar-refractivity contribution in [2.45, 2.75) is 42.9 Å². The number of amides is 1. The number of aryl methyl sites for hydroxylation is 2. The first kappa shape index (κ1) is 18.8. The first-order valence-corrected chi connectivity index (χ1v) is 10.7. The summed E-state index contributed by atoms with van der Waals surface area (Å²) in [5, 5.41) is 15.2. The highest BCUT2D eigenvalue weighted by molar-refractivity contribution is 8.00. The van der Waals surface area contributed by atoms with Crippen LogP contribution in [0.3, 0.4) is 0 Å². The lowest BCUT2D eigenvalue weighted by Crippen LogP contribution is -2.23. The zero-order valence-electron chi connectivity index (χ0n) is 15.2. The van der Waals surface area contributed by atoms with E-state index in [1.165, 1.54) is 40.8 Å². The van der Waals surface area contributed by atoms with Gasteiger partial charge in [0.1, 0.15) is 21.9 Å². The van der Waals surface area contributed by atoms with Gasteiger partial charge in [0.2, 0.25) is 5.91 Å². The van der Waals surface area contributed by atoms with Crippen LogP contribution in [0.2, 0.25) is 0 Å². The van der Waals surface area contributed by atoms with Gasteiger partial charge in [-0.1, -0.05) is 23.9 Å². The number of carbonyl (C=O) groups is 1. The number of nitrogens with zero attached hydrogens (tertiary/aromatic N) is 3. The number of para-hydroxylation sites is 2. The van der Waals surface area contributed by atoms with E-state index >= 15 is 0 Å². The maximum Gasteiger partial charge on any atom is 0.292 e. The highest BCUT2D eigenvalue weighted by atomic mass is 32.2. The highest BCUT2D eigenvalue weighted by Gasteiger charge is 2.24. The lowest BCUT2D eigenvalue weighted by Gasteiger charge is -2.14. The normalized spacial score (nSPS) is 14.5. The second kappa shape index (κ2) is 7.84. The molecule has 9 heteroatoms. The summed E-state index contributed by atoms with van der Waals surface area (Å²) >= 11 is 3.08. The van der Waals surface area contributed by atoms with E-state index in [0.29, 0.717) is 0 Å². The fourth-order valence-electron chi connectivity index (χ4n) is 3.34. The molecule has 0 unspecified atom stereocenters. The number of hydrogen-bond acceptors (Lipinski definition) is 7. The molecule has 7 nitrogen and oxygen atoms in total. The first-order chi connectivity index (χ1) is 13.5. The number of fused-ring (bicyclic) bond motifs is 3. The zero-order valence-corrected chi connectivity index (χ0v) is 16.8. The molecule has 2 aromatic heterocycles. The Labute approximate surface area is 169 Å². The number of hydrogen-bond donors (Lipinski definition) is 1. The molecule has 0 radical (unpaired) electrons. The summed E-state index contributed by atoms with van der Waals surface area (Å²) in [6.07, 6.45) is 6.00. The molecule has 1 aliphatic carbocycles. The molecule has 144 valence electrons. The fraction of sp³-hybridized carbons (Fsp3) is 0.316. The minimum absolute atomic E-state index is 0.121. The lowest BCUT2D eigenvalue weighted by atomic mass is 9.97. The van der Waals surface area contributed by atoms with Gasteiger partial charge in [0, 0.05) is 16.3 Å². The van der Waals surface area contributed by atoms with Gasteiger partial charge in [-0.2, -0.15) is 0 Å². The molecular weight excluding hydrogens is 396 g/mol. The van der Waals surface area contributed by atoms with Crippen LogP contribution in [0.25, 0.3) is 10.2 Å². The van der Waals surface area contributed by atoms with Gasteiger partial charge in [-0.05, 0) is 44.2 Å². The molecule has 3 aromatic rings. The monoisotopic (exact) mass is 414 g/mol. The van der Waals surface area contributed by atoms with Crippen LogP contribution in [0.1, 0.15) is 30.2 Å². The number of benzene rings is 1. The Hall–Kier alpha value is -2.52. The number of nitro benzene ring substituents is 1. The minimum Gasteiger partial charge on any atom is -0.319 e. The SMILES string of the molecule is C[C@@H](Sc1ncnc2sc3c(c12)CCCC3)C(=O)Nc1ccccc1[N+](=O)[O-]. The Bertz CT molecular complexity index is 1070. The van der Waals surface area contributed by atoms with Crippen molar-refractivity contribution in [2.24, 2.45) is 0 Å². The van der Waals surface area contributed by atoms with Gasteiger partial charge >= 0.3 is 0 Å². The molecule has 1 amide bonds. The van der Waals surface area contributed by atoms with Gasteiger partial charge in [-0.25, -0.2) is 9.97 Å². The predicted molar refractivity (Wildman–Crippen MR) is 111 cm³/mol.